The molecule has 6 heteroatoms. The van der Waals surface area contributed by atoms with Crippen LogP contribution in [0.15, 0.2) is 30.3 Å². The van der Waals surface area contributed by atoms with Gasteiger partial charge in [-0.3, -0.25) is 0 Å². The highest BCUT2D eigenvalue weighted by molar-refractivity contribution is 5.74. The molecule has 2 N–H and O–H groups in total. The molecular weight excluding hydrogens is 390 g/mol. The maximum atomic E-state index is 12.8. The molecular formula is C25H37N3O3. The van der Waals surface area contributed by atoms with Crippen LogP contribution < -0.4 is 10.6 Å². The first-order valence-electron chi connectivity index (χ1n) is 12.1. The molecule has 4 rings (SSSR count). The van der Waals surface area contributed by atoms with Gasteiger partial charge >= 0.3 is 12.1 Å². The number of nitrogens with zero attached hydrogens (tertiary/aromatic N) is 1. The number of carbonyl (C=O) groups is 2. The van der Waals surface area contributed by atoms with Gasteiger partial charge in [-0.05, 0) is 68.8 Å². The van der Waals surface area contributed by atoms with Crippen molar-refractivity contribution in [1.29, 1.82) is 0 Å². The Bertz CT molecular complexity index is 734. The summed E-state index contributed by atoms with van der Waals surface area (Å²) in [5.74, 6) is 0. The van der Waals surface area contributed by atoms with E-state index in [2.05, 4.69) is 17.6 Å². The number of urea groups is 1. The van der Waals surface area contributed by atoms with E-state index in [1.54, 1.807) is 0 Å². The third-order valence-corrected chi connectivity index (χ3v) is 7.28. The van der Waals surface area contributed by atoms with E-state index in [0.29, 0.717) is 24.1 Å². The van der Waals surface area contributed by atoms with E-state index in [9.17, 15) is 9.59 Å². The van der Waals surface area contributed by atoms with Crippen LogP contribution in [0.25, 0.3) is 0 Å². The second kappa shape index (κ2) is 9.92. The first-order valence-corrected chi connectivity index (χ1v) is 12.1. The summed E-state index contributed by atoms with van der Waals surface area (Å²) in [6.45, 7) is 3.21. The zero-order valence-corrected chi connectivity index (χ0v) is 18.8. The number of ether oxygens (including phenoxy) is 1. The van der Waals surface area contributed by atoms with Crippen molar-refractivity contribution in [2.45, 2.75) is 95.9 Å². The Kier molecular flexibility index (Phi) is 7.03. The fraction of sp³-hybridized carbons (Fsp3) is 0.680. The molecule has 0 aliphatic heterocycles. The first-order chi connectivity index (χ1) is 15.1. The molecule has 3 amide bonds. The second-order valence-electron chi connectivity index (χ2n) is 9.77. The molecule has 0 bridgehead atoms. The van der Waals surface area contributed by atoms with Crippen LogP contribution in [0.2, 0.25) is 0 Å². The van der Waals surface area contributed by atoms with Crippen LogP contribution in [0.3, 0.4) is 0 Å². The summed E-state index contributed by atoms with van der Waals surface area (Å²) in [6, 6.07) is 10.8. The first kappa shape index (κ1) is 22.0. The second-order valence-corrected chi connectivity index (χ2v) is 9.77. The van der Waals surface area contributed by atoms with Crippen molar-refractivity contribution < 1.29 is 14.3 Å². The van der Waals surface area contributed by atoms with Gasteiger partial charge in [-0.25, -0.2) is 9.59 Å². The normalized spacial score (nSPS) is 27.3. The lowest BCUT2D eigenvalue weighted by Crippen LogP contribution is -2.56. The summed E-state index contributed by atoms with van der Waals surface area (Å²) in [4.78, 5) is 26.9. The lowest BCUT2D eigenvalue weighted by atomic mass is 9.57. The van der Waals surface area contributed by atoms with Crippen LogP contribution in [0, 0.1) is 5.41 Å². The van der Waals surface area contributed by atoms with Crippen LogP contribution in [0.4, 0.5) is 9.59 Å². The maximum absolute atomic E-state index is 12.8. The van der Waals surface area contributed by atoms with Gasteiger partial charge in [0.1, 0.15) is 6.61 Å². The SMILES string of the molecule is CCCCNC(=O)NC1CCC2(CC1)CC(N(C(=O)OCc1ccccc1)C1CC1)C2. The molecule has 0 atom stereocenters. The number of hydrogen-bond donors (Lipinski definition) is 2. The Morgan fingerprint density at radius 2 is 1.77 bits per heavy atom. The lowest BCUT2D eigenvalue weighted by Gasteiger charge is -2.54. The number of carbonyl (C=O) groups excluding carboxylic acids is 2. The topological polar surface area (TPSA) is 70.7 Å². The van der Waals surface area contributed by atoms with E-state index in [0.717, 1.165) is 76.3 Å². The molecule has 31 heavy (non-hydrogen) atoms. The minimum Gasteiger partial charge on any atom is -0.445 e. The number of nitrogens with one attached hydrogen (secondary N) is 2. The van der Waals surface area contributed by atoms with E-state index in [1.165, 1.54) is 0 Å². The van der Waals surface area contributed by atoms with E-state index in [1.807, 2.05) is 35.2 Å². The summed E-state index contributed by atoms with van der Waals surface area (Å²) < 4.78 is 5.66. The lowest BCUT2D eigenvalue weighted by molar-refractivity contribution is -0.0321. The smallest absolute Gasteiger partial charge is 0.410 e. The number of unbranched alkanes of at least 4 members (excludes halogenated alkanes) is 1. The average Bonchev–Trinajstić information content (AvgIpc) is 3.58. The number of rotatable bonds is 8. The monoisotopic (exact) mass is 427 g/mol. The van der Waals surface area contributed by atoms with Crippen LogP contribution in [-0.2, 0) is 11.3 Å². The number of amides is 3. The zero-order valence-electron chi connectivity index (χ0n) is 18.8. The largest absolute Gasteiger partial charge is 0.445 e. The molecule has 6 nitrogen and oxygen atoms in total. The van der Waals surface area contributed by atoms with Crippen molar-refractivity contribution in [3.63, 3.8) is 0 Å². The predicted molar refractivity (Wildman–Crippen MR) is 121 cm³/mol. The molecule has 3 aliphatic carbocycles. The van der Waals surface area contributed by atoms with Gasteiger partial charge in [-0.1, -0.05) is 43.7 Å². The van der Waals surface area contributed by atoms with Gasteiger partial charge in [-0.2, -0.15) is 0 Å². The highest BCUT2D eigenvalue weighted by atomic mass is 16.6. The van der Waals surface area contributed by atoms with E-state index in [-0.39, 0.29) is 18.2 Å². The van der Waals surface area contributed by atoms with E-state index < -0.39 is 0 Å². The van der Waals surface area contributed by atoms with Crippen molar-refractivity contribution in [2.75, 3.05) is 6.54 Å². The molecule has 170 valence electrons. The molecule has 0 unspecified atom stereocenters. The molecule has 3 fully saturated rings. The third-order valence-electron chi connectivity index (χ3n) is 7.28. The minimum absolute atomic E-state index is 0.0260. The van der Waals surface area contributed by atoms with Crippen LogP contribution >= 0.6 is 0 Å². The van der Waals surface area contributed by atoms with Crippen LogP contribution in [0.1, 0.15) is 76.7 Å². The van der Waals surface area contributed by atoms with Gasteiger partial charge < -0.3 is 20.3 Å². The Balaban J connectivity index is 1.21. The van der Waals surface area contributed by atoms with Gasteiger partial charge in [0, 0.05) is 24.7 Å². The Morgan fingerprint density at radius 1 is 1.06 bits per heavy atom. The minimum atomic E-state index is -0.148. The van der Waals surface area contributed by atoms with Gasteiger partial charge in [0.15, 0.2) is 0 Å². The summed E-state index contributed by atoms with van der Waals surface area (Å²) in [7, 11) is 0. The average molecular weight is 428 g/mol. The highest BCUT2D eigenvalue weighted by Gasteiger charge is 2.52. The third kappa shape index (κ3) is 5.72. The van der Waals surface area contributed by atoms with Gasteiger partial charge in [0.2, 0.25) is 0 Å². The van der Waals surface area contributed by atoms with Crippen LogP contribution in [-0.4, -0.2) is 41.7 Å². The highest BCUT2D eigenvalue weighted by Crippen LogP contribution is 2.54. The quantitative estimate of drug-likeness (QED) is 0.575. The summed E-state index contributed by atoms with van der Waals surface area (Å²) in [6.07, 6.45) is 10.7. The van der Waals surface area contributed by atoms with Gasteiger partial charge in [0.05, 0.1) is 0 Å². The maximum Gasteiger partial charge on any atom is 0.410 e. The standard InChI is InChI=1S/C25H37N3O3/c1-2-3-15-26-23(29)27-20-11-13-25(14-12-20)16-22(17-25)28(21-9-10-21)24(30)31-18-19-7-5-4-6-8-19/h4-8,20-22H,2-3,9-18H2,1H3,(H2,26,27,29). The summed E-state index contributed by atoms with van der Waals surface area (Å²) >= 11 is 0. The van der Waals surface area contributed by atoms with Crippen molar-refractivity contribution in [2.24, 2.45) is 5.41 Å². The number of benzene rings is 1. The van der Waals surface area contributed by atoms with Crippen molar-refractivity contribution in [3.05, 3.63) is 35.9 Å². The molecule has 0 heterocycles. The van der Waals surface area contributed by atoms with Gasteiger partial charge in [-0.15, -0.1) is 0 Å². The Morgan fingerprint density at radius 3 is 2.42 bits per heavy atom. The molecule has 0 aromatic heterocycles. The molecule has 1 spiro atoms. The molecule has 3 aliphatic rings. The number of hydrogen-bond acceptors (Lipinski definition) is 3. The van der Waals surface area contributed by atoms with Crippen molar-refractivity contribution in [1.82, 2.24) is 15.5 Å². The van der Waals surface area contributed by atoms with Crippen molar-refractivity contribution in [3.8, 4) is 0 Å². The molecule has 1 aromatic rings. The fourth-order valence-electron chi connectivity index (χ4n) is 5.28. The Labute approximate surface area is 186 Å². The van der Waals surface area contributed by atoms with E-state index in [4.69, 9.17) is 4.74 Å². The van der Waals surface area contributed by atoms with Crippen LogP contribution in [0.5, 0.6) is 0 Å². The zero-order chi connectivity index (χ0) is 21.7. The van der Waals surface area contributed by atoms with Crippen molar-refractivity contribution >= 4 is 12.1 Å². The Hall–Kier alpha value is -2.24. The van der Waals surface area contributed by atoms with E-state index >= 15 is 0 Å². The molecule has 1 aromatic carbocycles. The molecule has 3 saturated carbocycles. The molecule has 0 saturated heterocycles. The fourth-order valence-corrected chi connectivity index (χ4v) is 5.28. The summed E-state index contributed by atoms with van der Waals surface area (Å²) in [5.41, 5.74) is 1.38. The van der Waals surface area contributed by atoms with Gasteiger partial charge in [0.25, 0.3) is 0 Å². The predicted octanol–water partition coefficient (Wildman–Crippen LogP) is 4.98. The molecule has 0 radical (unpaired) electrons. The summed E-state index contributed by atoms with van der Waals surface area (Å²) in [5, 5.41) is 6.09.